The van der Waals surface area contributed by atoms with Gasteiger partial charge >= 0.3 is 0 Å². The van der Waals surface area contributed by atoms with E-state index in [1.165, 1.54) is 6.08 Å². The summed E-state index contributed by atoms with van der Waals surface area (Å²) in [6.45, 7) is 2.75. The highest BCUT2D eigenvalue weighted by Crippen LogP contribution is 2.37. The van der Waals surface area contributed by atoms with E-state index in [2.05, 4.69) is 15.0 Å². The summed E-state index contributed by atoms with van der Waals surface area (Å²) in [5.41, 5.74) is 3.33. The molecule has 7 heteroatoms. The minimum absolute atomic E-state index is 0.0333. The molecule has 0 N–H and O–H groups in total. The van der Waals surface area contributed by atoms with Crippen molar-refractivity contribution in [2.24, 2.45) is 5.92 Å². The van der Waals surface area contributed by atoms with Crippen LogP contribution in [0.3, 0.4) is 0 Å². The number of halogens is 2. The second-order valence-corrected chi connectivity index (χ2v) is 7.64. The third-order valence-electron chi connectivity index (χ3n) is 5.77. The smallest absolute Gasteiger partial charge is 0.166 e. The zero-order chi connectivity index (χ0) is 20.0. The van der Waals surface area contributed by atoms with E-state index < -0.39 is 5.83 Å². The lowest BCUT2D eigenvalue weighted by atomic mass is 9.89. The second kappa shape index (κ2) is 7.06. The molecule has 3 aromatic rings. The predicted molar refractivity (Wildman–Crippen MR) is 108 cm³/mol. The summed E-state index contributed by atoms with van der Waals surface area (Å²) in [6.07, 6.45) is 8.33. The Morgan fingerprint density at radius 1 is 1.14 bits per heavy atom. The number of hydrogen-bond donors (Lipinski definition) is 0. The number of fused-ring (bicyclic) bond motifs is 1. The van der Waals surface area contributed by atoms with Gasteiger partial charge < -0.3 is 4.90 Å². The number of allylic oxidation sites excluding steroid dienone is 3. The average Bonchev–Trinajstić information content (AvgIpc) is 3.34. The van der Waals surface area contributed by atoms with E-state index in [0.29, 0.717) is 6.42 Å². The summed E-state index contributed by atoms with van der Waals surface area (Å²) >= 11 is 0. The number of anilines is 1. The number of rotatable bonds is 3. The molecule has 0 amide bonds. The summed E-state index contributed by atoms with van der Waals surface area (Å²) in [6, 6.07) is 7.74. The van der Waals surface area contributed by atoms with Crippen LogP contribution >= 0.6 is 0 Å². The first-order valence-corrected chi connectivity index (χ1v) is 9.88. The van der Waals surface area contributed by atoms with E-state index in [4.69, 9.17) is 4.98 Å². The predicted octanol–water partition coefficient (Wildman–Crippen LogP) is 4.80. The Morgan fingerprint density at radius 3 is 2.86 bits per heavy atom. The molecule has 1 aliphatic carbocycles. The molecule has 0 saturated carbocycles. The van der Waals surface area contributed by atoms with Crippen LogP contribution in [-0.2, 0) is 0 Å². The number of aryl methyl sites for hydroxylation is 1. The lowest BCUT2D eigenvalue weighted by Crippen LogP contribution is -2.37. The highest BCUT2D eigenvalue weighted by Gasteiger charge is 2.36. The van der Waals surface area contributed by atoms with Gasteiger partial charge in [0, 0.05) is 36.5 Å². The van der Waals surface area contributed by atoms with Crippen molar-refractivity contribution < 1.29 is 8.78 Å². The van der Waals surface area contributed by atoms with Crippen molar-refractivity contribution in [1.82, 2.24) is 19.6 Å². The Bertz CT molecular complexity index is 1130. The highest BCUT2D eigenvalue weighted by molar-refractivity contribution is 5.75. The Balaban J connectivity index is 1.52. The van der Waals surface area contributed by atoms with Crippen molar-refractivity contribution in [3.05, 3.63) is 66.2 Å². The molecule has 29 heavy (non-hydrogen) atoms. The van der Waals surface area contributed by atoms with Crippen LogP contribution in [0.15, 0.2) is 60.5 Å². The molecule has 0 spiro atoms. The third-order valence-corrected chi connectivity index (χ3v) is 5.77. The molecule has 1 unspecified atom stereocenters. The van der Waals surface area contributed by atoms with Crippen LogP contribution in [0.25, 0.3) is 16.9 Å². The lowest BCUT2D eigenvalue weighted by Gasteiger charge is -2.32. The molecular formula is C22H21F2N5. The number of pyridine rings is 1. The molecule has 2 atom stereocenters. The van der Waals surface area contributed by atoms with Crippen molar-refractivity contribution in [3.63, 3.8) is 0 Å². The normalized spacial score (nSPS) is 22.1. The fraction of sp³-hybridized carbons (Fsp3) is 0.318. The van der Waals surface area contributed by atoms with E-state index in [9.17, 15) is 8.78 Å². The van der Waals surface area contributed by atoms with Gasteiger partial charge in [0.15, 0.2) is 5.65 Å². The maximum Gasteiger partial charge on any atom is 0.166 e. The van der Waals surface area contributed by atoms with Crippen LogP contribution < -0.4 is 4.90 Å². The molecule has 5 rings (SSSR count). The Labute approximate surface area is 167 Å². The summed E-state index contributed by atoms with van der Waals surface area (Å²) < 4.78 is 29.6. The zero-order valence-corrected chi connectivity index (χ0v) is 16.1. The molecule has 2 aliphatic rings. The summed E-state index contributed by atoms with van der Waals surface area (Å²) in [4.78, 5) is 11.6. The molecule has 0 bridgehead atoms. The molecule has 5 nitrogen and oxygen atoms in total. The molecule has 0 aromatic carbocycles. The SMILES string of the molecule is Cc1cccc(-c2cnn3ccc(N4CCC[C@H]4C4CC=C(F)C=C4F)nc23)n1. The summed E-state index contributed by atoms with van der Waals surface area (Å²) in [5.74, 6) is -0.413. The fourth-order valence-electron chi connectivity index (χ4n) is 4.38. The summed E-state index contributed by atoms with van der Waals surface area (Å²) in [5, 5.41) is 4.40. The van der Waals surface area contributed by atoms with Crippen LogP contribution in [0.4, 0.5) is 14.6 Å². The molecule has 1 saturated heterocycles. The molecule has 4 heterocycles. The monoisotopic (exact) mass is 393 g/mol. The topological polar surface area (TPSA) is 46.3 Å². The van der Waals surface area contributed by atoms with Gasteiger partial charge in [-0.3, -0.25) is 4.98 Å². The minimum atomic E-state index is -0.489. The Hall–Kier alpha value is -3.09. The van der Waals surface area contributed by atoms with Gasteiger partial charge in [-0.2, -0.15) is 5.10 Å². The third kappa shape index (κ3) is 3.20. The minimum Gasteiger partial charge on any atom is -0.353 e. The number of nitrogens with zero attached hydrogens (tertiary/aromatic N) is 5. The average molecular weight is 393 g/mol. The van der Waals surface area contributed by atoms with Gasteiger partial charge in [0.25, 0.3) is 0 Å². The standard InChI is InChI=1S/C22H21F2N5/c1-14-4-2-5-19(26-14)17-13-25-29-11-9-21(27-22(17)29)28-10-3-6-20(28)16-8-7-15(23)12-18(16)24/h2,4-5,7,9,11-13,16,20H,3,6,8,10H2,1H3/t16?,20-/m0/s1. The van der Waals surface area contributed by atoms with Crippen molar-refractivity contribution >= 4 is 11.5 Å². The van der Waals surface area contributed by atoms with Crippen LogP contribution in [0, 0.1) is 12.8 Å². The molecule has 1 fully saturated rings. The summed E-state index contributed by atoms with van der Waals surface area (Å²) in [7, 11) is 0. The van der Waals surface area contributed by atoms with E-state index in [0.717, 1.165) is 53.9 Å². The van der Waals surface area contributed by atoms with Crippen molar-refractivity contribution in [3.8, 4) is 11.3 Å². The zero-order valence-electron chi connectivity index (χ0n) is 16.1. The van der Waals surface area contributed by atoms with Crippen LogP contribution in [0.5, 0.6) is 0 Å². The van der Waals surface area contributed by atoms with E-state index in [-0.39, 0.29) is 17.8 Å². The van der Waals surface area contributed by atoms with Crippen LogP contribution in [0.1, 0.15) is 25.0 Å². The quantitative estimate of drug-likeness (QED) is 0.642. The first-order valence-electron chi connectivity index (χ1n) is 9.88. The Kier molecular flexibility index (Phi) is 4.38. The van der Waals surface area contributed by atoms with Crippen LogP contribution in [-0.4, -0.2) is 32.2 Å². The van der Waals surface area contributed by atoms with Crippen LogP contribution in [0.2, 0.25) is 0 Å². The molecule has 1 aliphatic heterocycles. The van der Waals surface area contributed by atoms with E-state index in [1.807, 2.05) is 37.4 Å². The maximum absolute atomic E-state index is 14.5. The highest BCUT2D eigenvalue weighted by atomic mass is 19.1. The first-order chi connectivity index (χ1) is 14.1. The molecular weight excluding hydrogens is 372 g/mol. The number of hydrogen-bond acceptors (Lipinski definition) is 4. The van der Waals surface area contributed by atoms with Gasteiger partial charge in [-0.1, -0.05) is 6.07 Å². The lowest BCUT2D eigenvalue weighted by molar-refractivity contribution is 0.384. The van der Waals surface area contributed by atoms with E-state index in [1.54, 1.807) is 10.7 Å². The molecule has 0 radical (unpaired) electrons. The fourth-order valence-corrected chi connectivity index (χ4v) is 4.38. The van der Waals surface area contributed by atoms with Gasteiger partial charge in [-0.15, -0.1) is 0 Å². The van der Waals surface area contributed by atoms with Gasteiger partial charge in [-0.05, 0) is 50.5 Å². The van der Waals surface area contributed by atoms with Crippen molar-refractivity contribution in [2.45, 2.75) is 32.2 Å². The van der Waals surface area contributed by atoms with Gasteiger partial charge in [0.05, 0.1) is 17.5 Å². The van der Waals surface area contributed by atoms with Gasteiger partial charge in [-0.25, -0.2) is 18.3 Å². The Morgan fingerprint density at radius 2 is 2.03 bits per heavy atom. The van der Waals surface area contributed by atoms with E-state index >= 15 is 0 Å². The van der Waals surface area contributed by atoms with Crippen molar-refractivity contribution in [2.75, 3.05) is 11.4 Å². The second-order valence-electron chi connectivity index (χ2n) is 7.64. The molecule has 148 valence electrons. The van der Waals surface area contributed by atoms with Gasteiger partial charge in [0.1, 0.15) is 17.5 Å². The molecule has 3 aromatic heterocycles. The number of aromatic nitrogens is 4. The van der Waals surface area contributed by atoms with Crippen molar-refractivity contribution in [1.29, 1.82) is 0 Å². The first kappa shape index (κ1) is 18.0. The van der Waals surface area contributed by atoms with Gasteiger partial charge in [0.2, 0.25) is 0 Å². The largest absolute Gasteiger partial charge is 0.353 e. The maximum atomic E-state index is 14.5.